The molecular weight excluding hydrogens is 254 g/mol. The molecule has 0 saturated heterocycles. The van der Waals surface area contributed by atoms with Gasteiger partial charge in [-0.2, -0.15) is 0 Å². The van der Waals surface area contributed by atoms with Crippen molar-refractivity contribution in [2.24, 2.45) is 11.7 Å². The van der Waals surface area contributed by atoms with Crippen LogP contribution in [0.3, 0.4) is 0 Å². The second-order valence-corrected chi connectivity index (χ2v) is 4.63. The molecule has 18 heavy (non-hydrogen) atoms. The monoisotopic (exact) mass is 273 g/mol. The van der Waals surface area contributed by atoms with Crippen LogP contribution in [0, 0.1) is 12.8 Å². The number of amides is 1. The van der Waals surface area contributed by atoms with E-state index in [0.717, 1.165) is 0 Å². The number of carbonyl (C=O) groups excluding carboxylic acids is 1. The number of carbonyl (C=O) groups is 1. The number of nitrogens with two attached hydrogens (primary N) is 1. The summed E-state index contributed by atoms with van der Waals surface area (Å²) in [6.07, 6.45) is 3.06. The standard InChI is InChI=1S/C12H19N3O2.ClH/c1-3-10-11(7(2)17-15-10)12(16)14-6-9(13)8-4-5-8;/h8-9H,3-6,13H2,1-2H3,(H,14,16);1H. The maximum absolute atomic E-state index is 12.0. The molecule has 1 saturated carbocycles. The summed E-state index contributed by atoms with van der Waals surface area (Å²) in [4.78, 5) is 12.0. The molecule has 0 aromatic carbocycles. The minimum absolute atomic E-state index is 0. The third-order valence-corrected chi connectivity index (χ3v) is 3.22. The first kappa shape index (κ1) is 15.0. The van der Waals surface area contributed by atoms with Crippen LogP contribution in [0.5, 0.6) is 0 Å². The minimum atomic E-state index is -0.128. The molecule has 1 amide bonds. The van der Waals surface area contributed by atoms with E-state index < -0.39 is 0 Å². The van der Waals surface area contributed by atoms with Crippen LogP contribution in [0.2, 0.25) is 0 Å². The largest absolute Gasteiger partial charge is 0.361 e. The molecule has 102 valence electrons. The Morgan fingerprint density at radius 3 is 2.83 bits per heavy atom. The van der Waals surface area contributed by atoms with Crippen molar-refractivity contribution in [2.45, 2.75) is 39.2 Å². The highest BCUT2D eigenvalue weighted by Crippen LogP contribution is 2.31. The predicted octanol–water partition coefficient (Wildman–Crippen LogP) is 1.43. The SMILES string of the molecule is CCc1noc(C)c1C(=O)NCC(N)C1CC1.Cl. The van der Waals surface area contributed by atoms with Gasteiger partial charge in [-0.3, -0.25) is 4.79 Å². The Kier molecular flexibility index (Phi) is 5.16. The zero-order valence-electron chi connectivity index (χ0n) is 10.7. The summed E-state index contributed by atoms with van der Waals surface area (Å²) in [6.45, 7) is 4.23. The fraction of sp³-hybridized carbons (Fsp3) is 0.667. The Hall–Kier alpha value is -1.07. The highest BCUT2D eigenvalue weighted by Gasteiger charge is 2.29. The summed E-state index contributed by atoms with van der Waals surface area (Å²) < 4.78 is 5.03. The number of nitrogens with zero attached hydrogens (tertiary/aromatic N) is 1. The lowest BCUT2D eigenvalue weighted by atomic mass is 10.1. The fourth-order valence-corrected chi connectivity index (χ4v) is 1.94. The third-order valence-electron chi connectivity index (χ3n) is 3.22. The molecule has 0 aliphatic heterocycles. The molecule has 0 radical (unpaired) electrons. The van der Waals surface area contributed by atoms with Crippen molar-refractivity contribution in [1.82, 2.24) is 10.5 Å². The maximum Gasteiger partial charge on any atom is 0.256 e. The summed E-state index contributed by atoms with van der Waals surface area (Å²) in [5, 5.41) is 6.72. The second kappa shape index (κ2) is 6.20. The topological polar surface area (TPSA) is 81.2 Å². The zero-order valence-corrected chi connectivity index (χ0v) is 11.5. The van der Waals surface area contributed by atoms with E-state index in [1.807, 2.05) is 6.92 Å². The molecule has 3 N–H and O–H groups in total. The molecular formula is C12H20ClN3O2. The first-order chi connectivity index (χ1) is 8.13. The van der Waals surface area contributed by atoms with Gasteiger partial charge in [0.25, 0.3) is 5.91 Å². The van der Waals surface area contributed by atoms with E-state index in [9.17, 15) is 4.79 Å². The molecule has 1 atom stereocenters. The van der Waals surface area contributed by atoms with Crippen LogP contribution < -0.4 is 11.1 Å². The van der Waals surface area contributed by atoms with Gasteiger partial charge in [-0.1, -0.05) is 12.1 Å². The number of hydrogen-bond donors (Lipinski definition) is 2. The quantitative estimate of drug-likeness (QED) is 0.850. The van der Waals surface area contributed by atoms with Crippen molar-refractivity contribution >= 4 is 18.3 Å². The number of rotatable bonds is 5. The number of hydrogen-bond acceptors (Lipinski definition) is 4. The summed E-state index contributed by atoms with van der Waals surface area (Å²) in [5.41, 5.74) is 7.21. The van der Waals surface area contributed by atoms with E-state index in [-0.39, 0.29) is 24.4 Å². The van der Waals surface area contributed by atoms with Crippen molar-refractivity contribution in [3.05, 3.63) is 17.0 Å². The molecule has 5 nitrogen and oxygen atoms in total. The van der Waals surface area contributed by atoms with Crippen LogP contribution in [0.25, 0.3) is 0 Å². The van der Waals surface area contributed by atoms with Crippen LogP contribution in [-0.2, 0) is 6.42 Å². The molecule has 1 aliphatic carbocycles. The first-order valence-corrected chi connectivity index (χ1v) is 6.12. The molecule has 1 fully saturated rings. The van der Waals surface area contributed by atoms with Gasteiger partial charge in [-0.15, -0.1) is 12.4 Å². The van der Waals surface area contributed by atoms with Gasteiger partial charge in [0.15, 0.2) is 0 Å². The molecule has 1 aromatic rings. The summed E-state index contributed by atoms with van der Waals surface area (Å²) >= 11 is 0. The number of halogens is 1. The van der Waals surface area contributed by atoms with Crippen molar-refractivity contribution < 1.29 is 9.32 Å². The average Bonchev–Trinajstić information content (AvgIpc) is 3.09. The number of nitrogens with one attached hydrogen (secondary N) is 1. The zero-order chi connectivity index (χ0) is 12.4. The van der Waals surface area contributed by atoms with Crippen LogP contribution >= 0.6 is 12.4 Å². The van der Waals surface area contributed by atoms with Gasteiger partial charge in [-0.25, -0.2) is 0 Å². The van der Waals surface area contributed by atoms with E-state index in [2.05, 4.69) is 10.5 Å². The summed E-state index contributed by atoms with van der Waals surface area (Å²) in [6, 6.07) is 0.0733. The van der Waals surface area contributed by atoms with Crippen molar-refractivity contribution in [1.29, 1.82) is 0 Å². The summed E-state index contributed by atoms with van der Waals surface area (Å²) in [5.74, 6) is 1.03. The van der Waals surface area contributed by atoms with Crippen LogP contribution in [0.4, 0.5) is 0 Å². The van der Waals surface area contributed by atoms with Crippen molar-refractivity contribution in [3.63, 3.8) is 0 Å². The Labute approximate surface area is 113 Å². The smallest absolute Gasteiger partial charge is 0.256 e. The molecule has 1 unspecified atom stereocenters. The van der Waals surface area contributed by atoms with Gasteiger partial charge < -0.3 is 15.6 Å². The molecule has 1 heterocycles. The van der Waals surface area contributed by atoms with E-state index in [4.69, 9.17) is 10.3 Å². The highest BCUT2D eigenvalue weighted by atomic mass is 35.5. The fourth-order valence-electron chi connectivity index (χ4n) is 1.94. The molecule has 2 rings (SSSR count). The van der Waals surface area contributed by atoms with E-state index in [1.165, 1.54) is 12.8 Å². The normalized spacial score (nSPS) is 15.9. The lowest BCUT2D eigenvalue weighted by molar-refractivity contribution is 0.0948. The Bertz CT molecular complexity index is 415. The van der Waals surface area contributed by atoms with Gasteiger partial charge in [0.2, 0.25) is 0 Å². The van der Waals surface area contributed by atoms with Gasteiger partial charge >= 0.3 is 0 Å². The van der Waals surface area contributed by atoms with Crippen LogP contribution in [0.1, 0.15) is 41.6 Å². The maximum atomic E-state index is 12.0. The van der Waals surface area contributed by atoms with Crippen molar-refractivity contribution in [3.8, 4) is 0 Å². The lowest BCUT2D eigenvalue weighted by Gasteiger charge is -2.11. The first-order valence-electron chi connectivity index (χ1n) is 6.12. The number of aromatic nitrogens is 1. The minimum Gasteiger partial charge on any atom is -0.361 e. The Morgan fingerprint density at radius 2 is 2.28 bits per heavy atom. The van der Waals surface area contributed by atoms with E-state index in [0.29, 0.717) is 35.9 Å². The molecule has 1 aliphatic rings. The second-order valence-electron chi connectivity index (χ2n) is 4.63. The highest BCUT2D eigenvalue weighted by molar-refractivity contribution is 5.96. The van der Waals surface area contributed by atoms with Crippen molar-refractivity contribution in [2.75, 3.05) is 6.54 Å². The van der Waals surface area contributed by atoms with Gasteiger partial charge in [0, 0.05) is 12.6 Å². The molecule has 6 heteroatoms. The third kappa shape index (κ3) is 3.23. The van der Waals surface area contributed by atoms with Gasteiger partial charge in [0.05, 0.1) is 5.69 Å². The average molecular weight is 274 g/mol. The van der Waals surface area contributed by atoms with Gasteiger partial charge in [0.1, 0.15) is 11.3 Å². The van der Waals surface area contributed by atoms with Crippen LogP contribution in [-0.4, -0.2) is 23.7 Å². The Balaban J connectivity index is 0.00000162. The van der Waals surface area contributed by atoms with E-state index >= 15 is 0 Å². The summed E-state index contributed by atoms with van der Waals surface area (Å²) in [7, 11) is 0. The molecule has 0 bridgehead atoms. The number of aryl methyl sites for hydroxylation is 2. The van der Waals surface area contributed by atoms with Crippen LogP contribution in [0.15, 0.2) is 4.52 Å². The molecule has 0 spiro atoms. The van der Waals surface area contributed by atoms with Gasteiger partial charge in [-0.05, 0) is 32.1 Å². The molecule has 1 aromatic heterocycles. The Morgan fingerprint density at radius 1 is 1.61 bits per heavy atom. The lowest BCUT2D eigenvalue weighted by Crippen LogP contribution is -2.38. The van der Waals surface area contributed by atoms with E-state index in [1.54, 1.807) is 6.92 Å². The predicted molar refractivity (Wildman–Crippen MR) is 70.9 cm³/mol.